The summed E-state index contributed by atoms with van der Waals surface area (Å²) in [6.45, 7) is 0.742. The quantitative estimate of drug-likeness (QED) is 0.812. The number of rotatable bonds is 4. The second-order valence-electron chi connectivity index (χ2n) is 8.37. The van der Waals surface area contributed by atoms with Crippen molar-refractivity contribution in [3.8, 4) is 0 Å². The van der Waals surface area contributed by atoms with Crippen LogP contribution in [0.4, 0.5) is 5.69 Å². The van der Waals surface area contributed by atoms with Crippen molar-refractivity contribution in [3.05, 3.63) is 23.8 Å². The molecule has 0 spiro atoms. The average molecular weight is 377 g/mol. The minimum Gasteiger partial charge on any atom is -0.312 e. The highest BCUT2D eigenvalue weighted by Gasteiger charge is 2.41. The smallest absolute Gasteiger partial charge is 0.242 e. The highest BCUT2D eigenvalue weighted by Crippen LogP contribution is 2.49. The zero-order valence-corrected chi connectivity index (χ0v) is 16.5. The van der Waals surface area contributed by atoms with Gasteiger partial charge in [0.25, 0.3) is 0 Å². The SMILES string of the molecule is CN(C)S(=O)(=O)c1ccc2c(c1)CCCN2C(=O)CC1CC2CCC1C2. The van der Waals surface area contributed by atoms with Crippen LogP contribution in [-0.2, 0) is 21.2 Å². The van der Waals surface area contributed by atoms with Gasteiger partial charge in [0.2, 0.25) is 15.9 Å². The van der Waals surface area contributed by atoms with E-state index in [1.165, 1.54) is 30.0 Å². The van der Waals surface area contributed by atoms with Gasteiger partial charge in [-0.05, 0) is 73.6 Å². The Bertz CT molecular complexity index is 818. The third kappa shape index (κ3) is 3.07. The van der Waals surface area contributed by atoms with Crippen molar-refractivity contribution >= 4 is 21.6 Å². The summed E-state index contributed by atoms with van der Waals surface area (Å²) >= 11 is 0. The molecule has 1 aliphatic heterocycles. The molecule has 5 nitrogen and oxygen atoms in total. The van der Waals surface area contributed by atoms with Gasteiger partial charge >= 0.3 is 0 Å². The Balaban J connectivity index is 1.54. The van der Waals surface area contributed by atoms with E-state index in [1.54, 1.807) is 26.2 Å². The molecule has 0 aromatic heterocycles. The molecule has 2 saturated carbocycles. The molecule has 3 unspecified atom stereocenters. The fourth-order valence-corrected chi connectivity index (χ4v) is 6.12. The first kappa shape index (κ1) is 18.0. The van der Waals surface area contributed by atoms with Crippen LogP contribution in [0.2, 0.25) is 0 Å². The first-order valence-corrected chi connectivity index (χ1v) is 11.2. The molecule has 1 aromatic carbocycles. The lowest BCUT2D eigenvalue weighted by Gasteiger charge is -2.32. The zero-order valence-electron chi connectivity index (χ0n) is 15.6. The van der Waals surface area contributed by atoms with Crippen LogP contribution in [0.25, 0.3) is 0 Å². The fourth-order valence-electron chi connectivity index (χ4n) is 5.16. The first-order valence-electron chi connectivity index (χ1n) is 9.72. The molecule has 6 heteroatoms. The second kappa shape index (κ2) is 6.64. The van der Waals surface area contributed by atoms with Crippen LogP contribution in [0.15, 0.2) is 23.1 Å². The number of benzene rings is 1. The Labute approximate surface area is 156 Å². The average Bonchev–Trinajstić information content (AvgIpc) is 3.23. The molecule has 1 aromatic rings. The molecule has 2 fully saturated rings. The van der Waals surface area contributed by atoms with Crippen LogP contribution in [0.3, 0.4) is 0 Å². The normalized spacial score (nSPS) is 27.8. The largest absolute Gasteiger partial charge is 0.312 e. The summed E-state index contributed by atoms with van der Waals surface area (Å²) in [5.74, 6) is 2.37. The van der Waals surface area contributed by atoms with Crippen LogP contribution in [0.1, 0.15) is 44.1 Å². The van der Waals surface area contributed by atoms with Crippen LogP contribution >= 0.6 is 0 Å². The molecule has 142 valence electrons. The summed E-state index contributed by atoms with van der Waals surface area (Å²) in [6, 6.07) is 5.21. The van der Waals surface area contributed by atoms with Gasteiger partial charge in [-0.3, -0.25) is 4.79 Å². The first-order chi connectivity index (χ1) is 12.4. The summed E-state index contributed by atoms with van der Waals surface area (Å²) in [5, 5.41) is 0. The lowest BCUT2D eigenvalue weighted by molar-refractivity contribution is -0.120. The number of anilines is 1. The number of carbonyl (C=O) groups is 1. The standard InChI is InChI=1S/C20H28N2O3S/c1-21(2)26(24,25)18-7-8-19-16(12-18)4-3-9-22(19)20(23)13-17-11-14-5-6-15(17)10-14/h7-8,12,14-15,17H,3-6,9-11,13H2,1-2H3. The topological polar surface area (TPSA) is 57.7 Å². The molecule has 0 N–H and O–H groups in total. The molecule has 26 heavy (non-hydrogen) atoms. The monoisotopic (exact) mass is 376 g/mol. The van der Waals surface area contributed by atoms with Gasteiger partial charge in [0.15, 0.2) is 0 Å². The summed E-state index contributed by atoms with van der Waals surface area (Å²) in [6.07, 6.45) is 7.55. The van der Waals surface area contributed by atoms with Crippen molar-refractivity contribution in [2.24, 2.45) is 17.8 Å². The fraction of sp³-hybridized carbons (Fsp3) is 0.650. The molecule has 0 radical (unpaired) electrons. The summed E-state index contributed by atoms with van der Waals surface area (Å²) in [5.41, 5.74) is 1.88. The van der Waals surface area contributed by atoms with Crippen LogP contribution in [0, 0.1) is 17.8 Å². The Morgan fingerprint density at radius 2 is 2.04 bits per heavy atom. The minimum atomic E-state index is -3.44. The molecule has 3 aliphatic rings. The van der Waals surface area contributed by atoms with Gasteiger partial charge in [0.1, 0.15) is 0 Å². The van der Waals surface area contributed by atoms with Gasteiger partial charge in [0, 0.05) is 32.7 Å². The van der Waals surface area contributed by atoms with Crippen LogP contribution in [-0.4, -0.2) is 39.3 Å². The third-order valence-electron chi connectivity index (χ3n) is 6.57. The van der Waals surface area contributed by atoms with Gasteiger partial charge in [0.05, 0.1) is 4.90 Å². The second-order valence-corrected chi connectivity index (χ2v) is 10.5. The van der Waals surface area contributed by atoms with Crippen LogP contribution in [0.5, 0.6) is 0 Å². The molecule has 4 rings (SSSR count). The summed E-state index contributed by atoms with van der Waals surface area (Å²) in [4.78, 5) is 15.2. The van der Waals surface area contributed by atoms with Crippen molar-refractivity contribution in [2.75, 3.05) is 25.5 Å². The van der Waals surface area contributed by atoms with E-state index in [-0.39, 0.29) is 5.91 Å². The third-order valence-corrected chi connectivity index (χ3v) is 8.38. The Morgan fingerprint density at radius 1 is 1.23 bits per heavy atom. The molecule has 1 amide bonds. The van der Waals surface area contributed by atoms with Crippen molar-refractivity contribution < 1.29 is 13.2 Å². The Kier molecular flexibility index (Phi) is 4.59. The maximum absolute atomic E-state index is 13.0. The number of carbonyl (C=O) groups excluding carboxylic acids is 1. The number of hydrogen-bond acceptors (Lipinski definition) is 3. The molecule has 2 aliphatic carbocycles. The van der Waals surface area contributed by atoms with Gasteiger partial charge in [-0.1, -0.05) is 6.42 Å². The van der Waals surface area contributed by atoms with E-state index in [4.69, 9.17) is 0 Å². The van der Waals surface area contributed by atoms with Gasteiger partial charge in [-0.25, -0.2) is 12.7 Å². The van der Waals surface area contributed by atoms with Crippen molar-refractivity contribution in [1.82, 2.24) is 4.31 Å². The van der Waals surface area contributed by atoms with E-state index in [1.807, 2.05) is 11.0 Å². The van der Waals surface area contributed by atoms with Gasteiger partial charge < -0.3 is 4.90 Å². The van der Waals surface area contributed by atoms with E-state index < -0.39 is 10.0 Å². The predicted molar refractivity (Wildman–Crippen MR) is 102 cm³/mol. The zero-order chi connectivity index (χ0) is 18.5. The van der Waals surface area contributed by atoms with E-state index >= 15 is 0 Å². The summed E-state index contributed by atoms with van der Waals surface area (Å²) in [7, 11) is -0.359. The highest BCUT2D eigenvalue weighted by atomic mass is 32.2. The van der Waals surface area contributed by atoms with Gasteiger partial charge in [-0.15, -0.1) is 0 Å². The lowest BCUT2D eigenvalue weighted by Crippen LogP contribution is -2.37. The summed E-state index contributed by atoms with van der Waals surface area (Å²) < 4.78 is 26.0. The van der Waals surface area contributed by atoms with Crippen molar-refractivity contribution in [1.29, 1.82) is 0 Å². The predicted octanol–water partition coefficient (Wildman–Crippen LogP) is 3.04. The maximum atomic E-state index is 13.0. The number of aryl methyl sites for hydroxylation is 1. The molecule has 2 bridgehead atoms. The van der Waals surface area contributed by atoms with E-state index in [0.717, 1.165) is 42.5 Å². The number of sulfonamides is 1. The number of hydrogen-bond donors (Lipinski definition) is 0. The molecular formula is C20H28N2O3S. The van der Waals surface area contributed by atoms with Gasteiger partial charge in [-0.2, -0.15) is 0 Å². The minimum absolute atomic E-state index is 0.215. The molecule has 1 heterocycles. The maximum Gasteiger partial charge on any atom is 0.242 e. The number of amides is 1. The number of fused-ring (bicyclic) bond motifs is 3. The van der Waals surface area contributed by atoms with Crippen molar-refractivity contribution in [2.45, 2.75) is 49.8 Å². The van der Waals surface area contributed by atoms with E-state index in [9.17, 15) is 13.2 Å². The van der Waals surface area contributed by atoms with E-state index in [0.29, 0.717) is 17.2 Å². The van der Waals surface area contributed by atoms with Crippen LogP contribution < -0.4 is 4.90 Å². The van der Waals surface area contributed by atoms with Crippen molar-refractivity contribution in [3.63, 3.8) is 0 Å². The Morgan fingerprint density at radius 3 is 2.69 bits per heavy atom. The molecular weight excluding hydrogens is 348 g/mol. The van der Waals surface area contributed by atoms with E-state index in [2.05, 4.69) is 0 Å². The molecule has 0 saturated heterocycles. The highest BCUT2D eigenvalue weighted by molar-refractivity contribution is 7.89. The number of nitrogens with zero attached hydrogens (tertiary/aromatic N) is 2. The Hall–Kier alpha value is -1.40. The molecule has 3 atom stereocenters. The lowest BCUT2D eigenvalue weighted by atomic mass is 9.86.